The molecule has 2 aliphatic rings. The van der Waals surface area contributed by atoms with Crippen molar-refractivity contribution in [3.63, 3.8) is 0 Å². The van der Waals surface area contributed by atoms with E-state index in [-0.39, 0.29) is 36.6 Å². The Morgan fingerprint density at radius 3 is 2.58 bits per heavy atom. The van der Waals surface area contributed by atoms with E-state index >= 15 is 0 Å². The highest BCUT2D eigenvalue weighted by molar-refractivity contribution is 14.0. The molecule has 1 aromatic rings. The van der Waals surface area contributed by atoms with Crippen molar-refractivity contribution in [1.82, 2.24) is 25.1 Å². The molecule has 1 aliphatic heterocycles. The Kier molecular flexibility index (Phi) is 9.43. The summed E-state index contributed by atoms with van der Waals surface area (Å²) in [7, 11) is 1.43. The molecule has 0 spiro atoms. The van der Waals surface area contributed by atoms with Crippen LogP contribution >= 0.6 is 24.0 Å². The Balaban J connectivity index is 0.00000341. The van der Waals surface area contributed by atoms with Crippen molar-refractivity contribution in [3.8, 4) is 0 Å². The monoisotopic (exact) mass is 558 g/mol. The highest BCUT2D eigenvalue weighted by Crippen LogP contribution is 2.40. The van der Waals surface area contributed by atoms with Gasteiger partial charge in [-0.2, -0.15) is 13.2 Å². The lowest BCUT2D eigenvalue weighted by atomic mass is 9.98. The summed E-state index contributed by atoms with van der Waals surface area (Å²) in [5, 5.41) is 16.9. The van der Waals surface area contributed by atoms with Crippen molar-refractivity contribution in [2.24, 2.45) is 12.0 Å². The standard InChI is InChI=1S/C20H33F3N6O.HI/c1-3-24-18(27-15-8-12-29(14-15)16-6-4-5-7-16)26-10-9-19(30,20(21,22)23)17-25-11-13-28(17)2;/h11,13,15-16,30H,3-10,12,14H2,1-2H3,(H2,24,26,27);1H. The van der Waals surface area contributed by atoms with Crippen LogP contribution in [0.5, 0.6) is 0 Å². The molecular formula is C20H34F3IN6O. The van der Waals surface area contributed by atoms with Crippen molar-refractivity contribution in [1.29, 1.82) is 0 Å². The van der Waals surface area contributed by atoms with Gasteiger partial charge in [-0.1, -0.05) is 12.8 Å². The van der Waals surface area contributed by atoms with Crippen LogP contribution in [0, 0.1) is 0 Å². The van der Waals surface area contributed by atoms with E-state index in [1.807, 2.05) is 6.92 Å². The zero-order valence-electron chi connectivity index (χ0n) is 18.2. The zero-order chi connectivity index (χ0) is 21.8. The van der Waals surface area contributed by atoms with Gasteiger partial charge >= 0.3 is 6.18 Å². The summed E-state index contributed by atoms with van der Waals surface area (Å²) in [6.07, 6.45) is 3.27. The number of imidazole rings is 1. The van der Waals surface area contributed by atoms with E-state index < -0.39 is 24.0 Å². The van der Waals surface area contributed by atoms with E-state index in [9.17, 15) is 18.3 Å². The summed E-state index contributed by atoms with van der Waals surface area (Å²) >= 11 is 0. The van der Waals surface area contributed by atoms with Gasteiger partial charge in [0.05, 0.1) is 0 Å². The highest BCUT2D eigenvalue weighted by Gasteiger charge is 2.57. The van der Waals surface area contributed by atoms with Crippen LogP contribution in [0.15, 0.2) is 17.4 Å². The molecule has 0 bridgehead atoms. The van der Waals surface area contributed by atoms with Gasteiger partial charge in [0, 0.05) is 64.1 Å². The normalized spacial score (nSPS) is 22.9. The van der Waals surface area contributed by atoms with Crippen molar-refractivity contribution in [2.45, 2.75) is 69.3 Å². The van der Waals surface area contributed by atoms with E-state index in [1.165, 1.54) is 49.7 Å². The third kappa shape index (κ3) is 6.25. The molecule has 11 heteroatoms. The Morgan fingerprint density at radius 2 is 2.00 bits per heavy atom. The lowest BCUT2D eigenvalue weighted by molar-refractivity contribution is -0.272. The Labute approximate surface area is 198 Å². The molecule has 1 saturated carbocycles. The van der Waals surface area contributed by atoms with Gasteiger partial charge in [-0.3, -0.25) is 9.89 Å². The lowest BCUT2D eigenvalue weighted by Crippen LogP contribution is -2.46. The van der Waals surface area contributed by atoms with Gasteiger partial charge in [0.15, 0.2) is 5.96 Å². The topological polar surface area (TPSA) is 77.7 Å². The first kappa shape index (κ1) is 26.2. The summed E-state index contributed by atoms with van der Waals surface area (Å²) in [5.74, 6) is 0.0614. The maximum absolute atomic E-state index is 13.7. The smallest absolute Gasteiger partial charge is 0.374 e. The molecule has 178 valence electrons. The number of hydrogen-bond donors (Lipinski definition) is 3. The number of aliphatic imine (C=N–C) groups is 1. The lowest BCUT2D eigenvalue weighted by Gasteiger charge is -2.29. The molecule has 2 unspecified atom stereocenters. The van der Waals surface area contributed by atoms with E-state index in [4.69, 9.17) is 0 Å². The fourth-order valence-corrected chi connectivity index (χ4v) is 4.49. The van der Waals surface area contributed by atoms with Crippen LogP contribution in [0.4, 0.5) is 13.2 Å². The maximum atomic E-state index is 13.7. The number of hydrogen-bond acceptors (Lipinski definition) is 4. The van der Waals surface area contributed by atoms with Gasteiger partial charge in [0.25, 0.3) is 0 Å². The van der Waals surface area contributed by atoms with E-state index in [2.05, 4.69) is 25.5 Å². The van der Waals surface area contributed by atoms with Crippen LogP contribution < -0.4 is 10.6 Å². The van der Waals surface area contributed by atoms with Crippen LogP contribution in [0.2, 0.25) is 0 Å². The third-order valence-electron chi connectivity index (χ3n) is 6.15. The van der Waals surface area contributed by atoms with Gasteiger partial charge in [-0.25, -0.2) is 4.98 Å². The molecule has 2 fully saturated rings. The number of likely N-dealkylation sites (tertiary alicyclic amines) is 1. The summed E-state index contributed by atoms with van der Waals surface area (Å²) < 4.78 is 42.1. The Bertz CT molecular complexity index is 722. The predicted octanol–water partition coefficient (Wildman–Crippen LogP) is 2.75. The summed E-state index contributed by atoms with van der Waals surface area (Å²) in [6, 6.07) is 0.885. The molecule has 2 heterocycles. The van der Waals surface area contributed by atoms with Crippen LogP contribution in [0.1, 0.15) is 51.3 Å². The number of guanidine groups is 1. The molecule has 31 heavy (non-hydrogen) atoms. The SMILES string of the molecule is CCNC(=NCCC(O)(c1nccn1C)C(F)(F)F)NC1CCN(C2CCCC2)C1.I. The molecular weight excluding hydrogens is 524 g/mol. The van der Waals surface area contributed by atoms with Gasteiger partial charge < -0.3 is 20.3 Å². The van der Waals surface area contributed by atoms with Gasteiger partial charge in [-0.05, 0) is 26.2 Å². The first-order valence-electron chi connectivity index (χ1n) is 10.8. The predicted molar refractivity (Wildman–Crippen MR) is 125 cm³/mol. The molecule has 7 nitrogen and oxygen atoms in total. The van der Waals surface area contributed by atoms with Crippen LogP contribution in [0.3, 0.4) is 0 Å². The summed E-state index contributed by atoms with van der Waals surface area (Å²) in [5.41, 5.74) is -3.04. The number of rotatable bonds is 7. The maximum Gasteiger partial charge on any atom is 0.424 e. The summed E-state index contributed by atoms with van der Waals surface area (Å²) in [6.45, 7) is 4.30. The second kappa shape index (κ2) is 11.2. The van der Waals surface area contributed by atoms with E-state index in [0.29, 0.717) is 18.5 Å². The molecule has 3 N–H and O–H groups in total. The minimum Gasteiger partial charge on any atom is -0.374 e. The average Bonchev–Trinajstić information content (AvgIpc) is 3.42. The van der Waals surface area contributed by atoms with Crippen molar-refractivity contribution in [2.75, 3.05) is 26.2 Å². The fraction of sp³-hybridized carbons (Fsp3) is 0.800. The quantitative estimate of drug-likeness (QED) is 0.273. The Morgan fingerprint density at radius 1 is 1.29 bits per heavy atom. The fourth-order valence-electron chi connectivity index (χ4n) is 4.49. The molecule has 1 aromatic heterocycles. The van der Waals surface area contributed by atoms with E-state index in [0.717, 1.165) is 19.5 Å². The summed E-state index contributed by atoms with van der Waals surface area (Å²) in [4.78, 5) is 10.6. The number of aromatic nitrogens is 2. The molecule has 0 radical (unpaired) electrons. The second-order valence-corrected chi connectivity index (χ2v) is 8.29. The second-order valence-electron chi connectivity index (χ2n) is 8.29. The van der Waals surface area contributed by atoms with Gasteiger partial charge in [-0.15, -0.1) is 24.0 Å². The van der Waals surface area contributed by atoms with Gasteiger partial charge in [0.2, 0.25) is 5.60 Å². The molecule has 2 atom stereocenters. The third-order valence-corrected chi connectivity index (χ3v) is 6.15. The molecule has 1 aliphatic carbocycles. The number of aryl methyl sites for hydroxylation is 1. The molecule has 0 amide bonds. The van der Waals surface area contributed by atoms with Crippen molar-refractivity contribution in [3.05, 3.63) is 18.2 Å². The van der Waals surface area contributed by atoms with Crippen LogP contribution in [0.25, 0.3) is 0 Å². The van der Waals surface area contributed by atoms with E-state index in [1.54, 1.807) is 0 Å². The number of nitrogens with zero attached hydrogens (tertiary/aromatic N) is 4. The number of aliphatic hydroxyl groups is 1. The Hall–Kier alpha value is -1.08. The van der Waals surface area contributed by atoms with Crippen LogP contribution in [-0.4, -0.2) is 70.0 Å². The number of alkyl halides is 3. The molecule has 1 saturated heterocycles. The largest absolute Gasteiger partial charge is 0.424 e. The van der Waals surface area contributed by atoms with Crippen molar-refractivity contribution < 1.29 is 18.3 Å². The first-order chi connectivity index (χ1) is 14.2. The minimum absolute atomic E-state index is 0. The molecule has 0 aromatic carbocycles. The zero-order valence-corrected chi connectivity index (χ0v) is 20.5. The minimum atomic E-state index is -4.85. The van der Waals surface area contributed by atoms with Crippen molar-refractivity contribution >= 4 is 29.9 Å². The first-order valence-corrected chi connectivity index (χ1v) is 10.8. The number of nitrogens with one attached hydrogen (secondary N) is 2. The highest BCUT2D eigenvalue weighted by atomic mass is 127. The van der Waals surface area contributed by atoms with Gasteiger partial charge in [0.1, 0.15) is 5.82 Å². The molecule has 3 rings (SSSR count). The average molecular weight is 558 g/mol. The number of halogens is 4. The van der Waals surface area contributed by atoms with Crippen LogP contribution in [-0.2, 0) is 12.6 Å².